The molecule has 1 aliphatic carbocycles. The number of ether oxygens (including phenoxy) is 1. The van der Waals surface area contributed by atoms with Crippen molar-refractivity contribution in [1.82, 2.24) is 0 Å². The molecule has 1 aromatic carbocycles. The van der Waals surface area contributed by atoms with Crippen molar-refractivity contribution in [3.05, 3.63) is 29.3 Å². The fraction of sp³-hybridized carbons (Fsp3) is 0.533. The number of nitrogens with one attached hydrogen (secondary N) is 1. The van der Waals surface area contributed by atoms with Gasteiger partial charge in [0.1, 0.15) is 0 Å². The van der Waals surface area contributed by atoms with E-state index in [2.05, 4.69) is 10.1 Å². The number of nitrogens with two attached hydrogens (primary N) is 1. The summed E-state index contributed by atoms with van der Waals surface area (Å²) in [5.41, 5.74) is 5.35. The van der Waals surface area contributed by atoms with Crippen LogP contribution in [0.15, 0.2) is 12.1 Å². The fourth-order valence-electron chi connectivity index (χ4n) is 2.86. The molecule has 1 fully saturated rings. The van der Waals surface area contributed by atoms with Crippen LogP contribution in [0.5, 0.6) is 0 Å². The smallest absolute Gasteiger partial charge is 0.340 e. The van der Waals surface area contributed by atoms with Gasteiger partial charge in [0.05, 0.1) is 18.4 Å². The van der Waals surface area contributed by atoms with Gasteiger partial charge >= 0.3 is 5.97 Å². The van der Waals surface area contributed by atoms with Gasteiger partial charge in [0.15, 0.2) is 11.6 Å². The average Bonchev–Trinajstić information content (AvgIpc) is 3.02. The lowest BCUT2D eigenvalue weighted by molar-refractivity contribution is 0.0594. The van der Waals surface area contributed by atoms with Crippen molar-refractivity contribution >= 4 is 11.7 Å². The van der Waals surface area contributed by atoms with E-state index in [0.29, 0.717) is 12.5 Å². The van der Waals surface area contributed by atoms with Gasteiger partial charge in [-0.1, -0.05) is 12.8 Å². The van der Waals surface area contributed by atoms with Crippen LogP contribution in [-0.2, 0) is 4.74 Å². The zero-order chi connectivity index (χ0) is 15.4. The van der Waals surface area contributed by atoms with E-state index in [1.165, 1.54) is 12.1 Å². The van der Waals surface area contributed by atoms with Crippen molar-refractivity contribution in [2.45, 2.75) is 31.7 Å². The Morgan fingerprint density at radius 2 is 2.05 bits per heavy atom. The molecule has 3 N–H and O–H groups in total. The summed E-state index contributed by atoms with van der Waals surface area (Å²) in [4.78, 5) is 11.3. The number of benzene rings is 1. The Kier molecular flexibility index (Phi) is 5.12. The van der Waals surface area contributed by atoms with E-state index in [4.69, 9.17) is 5.73 Å². The Balaban J connectivity index is 2.20. The molecule has 2 rings (SSSR count). The number of halogens is 2. The van der Waals surface area contributed by atoms with Crippen molar-refractivity contribution in [3.63, 3.8) is 0 Å². The Hall–Kier alpha value is -1.69. The molecule has 0 bridgehead atoms. The lowest BCUT2D eigenvalue weighted by atomic mass is 9.97. The summed E-state index contributed by atoms with van der Waals surface area (Å²) in [5.74, 6) is -2.80. The van der Waals surface area contributed by atoms with Crippen LogP contribution in [-0.4, -0.2) is 25.7 Å². The van der Waals surface area contributed by atoms with E-state index in [9.17, 15) is 13.6 Å². The number of anilines is 1. The van der Waals surface area contributed by atoms with Gasteiger partial charge < -0.3 is 15.8 Å². The van der Waals surface area contributed by atoms with Gasteiger partial charge in [0.25, 0.3) is 0 Å². The topological polar surface area (TPSA) is 64.3 Å². The summed E-state index contributed by atoms with van der Waals surface area (Å²) >= 11 is 0. The van der Waals surface area contributed by atoms with E-state index < -0.39 is 23.2 Å². The maximum absolute atomic E-state index is 14.1. The Labute approximate surface area is 122 Å². The van der Waals surface area contributed by atoms with E-state index in [1.807, 2.05) is 0 Å². The summed E-state index contributed by atoms with van der Waals surface area (Å²) < 4.78 is 32.3. The van der Waals surface area contributed by atoms with Gasteiger partial charge in [-0.3, -0.25) is 0 Å². The molecule has 0 saturated heterocycles. The van der Waals surface area contributed by atoms with Crippen LogP contribution < -0.4 is 11.1 Å². The molecule has 0 amide bonds. The summed E-state index contributed by atoms with van der Waals surface area (Å²) in [5, 5.41) is 2.97. The van der Waals surface area contributed by atoms with Gasteiger partial charge in [-0.25, -0.2) is 13.6 Å². The summed E-state index contributed by atoms with van der Waals surface area (Å²) in [6.07, 6.45) is 4.36. The standard InChI is InChI=1S/C15H20F2N2O2/c1-21-15(20)10-6-7-11(14(17)13(10)16)19-12(8-18)9-4-2-3-5-9/h6-7,9,12,19H,2-5,8,18H2,1H3. The average molecular weight is 298 g/mol. The SMILES string of the molecule is COC(=O)c1ccc(NC(CN)C2CCCC2)c(F)c1F. The van der Waals surface area contributed by atoms with E-state index >= 15 is 0 Å². The number of hydrogen-bond donors (Lipinski definition) is 2. The van der Waals surface area contributed by atoms with Crippen LogP contribution in [0.3, 0.4) is 0 Å². The van der Waals surface area contributed by atoms with E-state index in [0.717, 1.165) is 32.8 Å². The number of carbonyl (C=O) groups excluding carboxylic acids is 1. The molecule has 1 aliphatic rings. The predicted octanol–water partition coefficient (Wildman–Crippen LogP) is 2.68. The van der Waals surface area contributed by atoms with Crippen LogP contribution >= 0.6 is 0 Å². The first-order chi connectivity index (χ1) is 10.1. The lowest BCUT2D eigenvalue weighted by Crippen LogP contribution is -2.35. The first-order valence-electron chi connectivity index (χ1n) is 7.11. The molecule has 1 atom stereocenters. The number of esters is 1. The molecule has 0 spiro atoms. The third-order valence-corrected chi connectivity index (χ3v) is 4.05. The first-order valence-corrected chi connectivity index (χ1v) is 7.11. The quantitative estimate of drug-likeness (QED) is 0.820. The highest BCUT2D eigenvalue weighted by Gasteiger charge is 2.26. The van der Waals surface area contributed by atoms with Gasteiger partial charge in [0.2, 0.25) is 0 Å². The van der Waals surface area contributed by atoms with Crippen molar-refractivity contribution in [1.29, 1.82) is 0 Å². The highest BCUT2D eigenvalue weighted by atomic mass is 19.2. The molecule has 0 aromatic heterocycles. The van der Waals surface area contributed by atoms with Crippen molar-refractivity contribution in [2.24, 2.45) is 11.7 Å². The molecule has 1 saturated carbocycles. The molecule has 1 unspecified atom stereocenters. The number of carbonyl (C=O) groups is 1. The van der Waals surface area contributed by atoms with Gasteiger partial charge in [-0.05, 0) is 30.9 Å². The van der Waals surface area contributed by atoms with E-state index in [-0.39, 0.29) is 11.7 Å². The molecule has 1 aromatic rings. The van der Waals surface area contributed by atoms with Gasteiger partial charge in [-0.15, -0.1) is 0 Å². The Morgan fingerprint density at radius 3 is 2.62 bits per heavy atom. The lowest BCUT2D eigenvalue weighted by Gasteiger charge is -2.24. The maximum Gasteiger partial charge on any atom is 0.340 e. The summed E-state index contributed by atoms with van der Waals surface area (Å²) in [6, 6.07) is 2.47. The van der Waals surface area contributed by atoms with Crippen molar-refractivity contribution in [3.8, 4) is 0 Å². The van der Waals surface area contributed by atoms with Crippen LogP contribution in [0.1, 0.15) is 36.0 Å². The predicted molar refractivity (Wildman–Crippen MR) is 76.1 cm³/mol. The minimum atomic E-state index is -1.20. The second-order valence-electron chi connectivity index (χ2n) is 5.31. The third-order valence-electron chi connectivity index (χ3n) is 4.05. The molecular formula is C15H20F2N2O2. The van der Waals surface area contributed by atoms with Crippen molar-refractivity contribution in [2.75, 3.05) is 19.0 Å². The fourth-order valence-corrected chi connectivity index (χ4v) is 2.86. The molecular weight excluding hydrogens is 278 g/mol. The number of methoxy groups -OCH3 is 1. The monoisotopic (exact) mass is 298 g/mol. The van der Waals surface area contributed by atoms with Crippen molar-refractivity contribution < 1.29 is 18.3 Å². The normalized spacial score (nSPS) is 16.8. The second-order valence-corrected chi connectivity index (χ2v) is 5.31. The van der Waals surface area contributed by atoms with E-state index in [1.54, 1.807) is 0 Å². The van der Waals surface area contributed by atoms with Crippen LogP contribution in [0.2, 0.25) is 0 Å². The molecule has 116 valence electrons. The first kappa shape index (κ1) is 15.7. The maximum atomic E-state index is 14.1. The van der Waals surface area contributed by atoms with Gasteiger partial charge in [-0.2, -0.15) is 0 Å². The molecule has 0 aliphatic heterocycles. The second kappa shape index (κ2) is 6.85. The summed E-state index contributed by atoms with van der Waals surface area (Å²) in [7, 11) is 1.12. The molecule has 0 radical (unpaired) electrons. The highest BCUT2D eigenvalue weighted by Crippen LogP contribution is 2.30. The summed E-state index contributed by atoms with van der Waals surface area (Å²) in [6.45, 7) is 0.352. The molecule has 4 nitrogen and oxygen atoms in total. The zero-order valence-corrected chi connectivity index (χ0v) is 12.0. The Bertz CT molecular complexity index is 517. The van der Waals surface area contributed by atoms with Crippen LogP contribution in [0.25, 0.3) is 0 Å². The minimum absolute atomic E-state index is 0.0301. The molecule has 6 heteroatoms. The molecule has 0 heterocycles. The van der Waals surface area contributed by atoms with Crippen LogP contribution in [0.4, 0.5) is 14.5 Å². The number of rotatable bonds is 5. The van der Waals surface area contributed by atoms with Crippen LogP contribution in [0, 0.1) is 17.6 Å². The minimum Gasteiger partial charge on any atom is -0.465 e. The van der Waals surface area contributed by atoms with Gasteiger partial charge in [0, 0.05) is 12.6 Å². The highest BCUT2D eigenvalue weighted by molar-refractivity contribution is 5.90. The third kappa shape index (κ3) is 3.32. The zero-order valence-electron chi connectivity index (χ0n) is 12.0. The Morgan fingerprint density at radius 1 is 1.38 bits per heavy atom. The largest absolute Gasteiger partial charge is 0.465 e. The molecule has 21 heavy (non-hydrogen) atoms. The number of hydrogen-bond acceptors (Lipinski definition) is 4.